The van der Waals surface area contributed by atoms with E-state index in [0.29, 0.717) is 5.75 Å². The summed E-state index contributed by atoms with van der Waals surface area (Å²) in [5.41, 5.74) is -0.953. The second-order valence-corrected chi connectivity index (χ2v) is 4.28. The van der Waals surface area contributed by atoms with Gasteiger partial charge in [0.1, 0.15) is 5.57 Å². The smallest absolute Gasteiger partial charge is 0.455 e. The molecule has 0 N–H and O–H groups in total. The number of ketones is 1. The van der Waals surface area contributed by atoms with Crippen molar-refractivity contribution in [2.24, 2.45) is 0 Å². The molecule has 0 unspecified atom stereocenters. The Kier molecular flexibility index (Phi) is 7.73. The second kappa shape index (κ2) is 8.18. The summed E-state index contributed by atoms with van der Waals surface area (Å²) in [5.74, 6) is -2.85. The van der Waals surface area contributed by atoms with Crippen molar-refractivity contribution in [2.75, 3.05) is 12.4 Å². The van der Waals surface area contributed by atoms with Crippen LogP contribution in [0.1, 0.15) is 26.7 Å². The van der Waals surface area contributed by atoms with Crippen LogP contribution in [-0.2, 0) is 14.3 Å². The van der Waals surface area contributed by atoms with E-state index in [0.717, 1.165) is 30.0 Å². The van der Waals surface area contributed by atoms with Crippen molar-refractivity contribution >= 4 is 23.5 Å². The lowest BCUT2D eigenvalue weighted by molar-refractivity contribution is -0.168. The molecule has 0 saturated heterocycles. The van der Waals surface area contributed by atoms with E-state index in [1.807, 2.05) is 6.92 Å². The van der Waals surface area contributed by atoms with Gasteiger partial charge in [0, 0.05) is 0 Å². The molecule has 0 radical (unpaired) electrons. The molecule has 0 fully saturated rings. The van der Waals surface area contributed by atoms with Crippen LogP contribution in [0.25, 0.3) is 0 Å². The highest BCUT2D eigenvalue weighted by Gasteiger charge is 2.43. The molecule has 0 aromatic rings. The van der Waals surface area contributed by atoms with Crippen molar-refractivity contribution in [1.82, 2.24) is 0 Å². The summed E-state index contributed by atoms with van der Waals surface area (Å²) in [7, 11) is 0. The van der Waals surface area contributed by atoms with Crippen molar-refractivity contribution in [3.05, 3.63) is 11.0 Å². The predicted molar refractivity (Wildman–Crippen MR) is 63.1 cm³/mol. The number of carbonyl (C=O) groups excluding carboxylic acids is 2. The van der Waals surface area contributed by atoms with E-state index in [-0.39, 0.29) is 6.61 Å². The highest BCUT2D eigenvalue weighted by atomic mass is 32.2. The van der Waals surface area contributed by atoms with Crippen LogP contribution in [-0.4, -0.2) is 30.3 Å². The second-order valence-electron chi connectivity index (χ2n) is 3.30. The summed E-state index contributed by atoms with van der Waals surface area (Å²) in [4.78, 5) is 22.3. The van der Waals surface area contributed by atoms with Crippen LogP contribution in [0, 0.1) is 0 Å². The predicted octanol–water partition coefficient (Wildman–Crippen LogP) is 3.10. The van der Waals surface area contributed by atoms with Crippen molar-refractivity contribution in [3.63, 3.8) is 0 Å². The van der Waals surface area contributed by atoms with Crippen molar-refractivity contribution in [3.8, 4) is 0 Å². The summed E-state index contributed by atoms with van der Waals surface area (Å²) in [6.07, 6.45) is -3.40. The van der Waals surface area contributed by atoms with Crippen molar-refractivity contribution in [2.45, 2.75) is 32.9 Å². The molecule has 0 rings (SSSR count). The summed E-state index contributed by atoms with van der Waals surface area (Å²) in [6, 6.07) is 0. The molecule has 0 amide bonds. The van der Waals surface area contributed by atoms with Crippen molar-refractivity contribution < 1.29 is 27.5 Å². The fourth-order valence-corrected chi connectivity index (χ4v) is 1.87. The van der Waals surface area contributed by atoms with Gasteiger partial charge in [0.05, 0.1) is 6.61 Å². The van der Waals surface area contributed by atoms with Gasteiger partial charge in [0.25, 0.3) is 5.78 Å². The van der Waals surface area contributed by atoms with E-state index < -0.39 is 23.5 Å². The number of alkyl halides is 3. The number of esters is 1. The van der Waals surface area contributed by atoms with Crippen LogP contribution in [0.2, 0.25) is 0 Å². The third kappa shape index (κ3) is 6.09. The molecule has 0 bridgehead atoms. The summed E-state index contributed by atoms with van der Waals surface area (Å²) < 4.78 is 41.2. The zero-order valence-electron chi connectivity index (χ0n) is 10.2. The first-order chi connectivity index (χ1) is 8.34. The molecule has 0 aliphatic rings. The Morgan fingerprint density at radius 1 is 1.28 bits per heavy atom. The molecule has 0 aliphatic carbocycles. The Balaban J connectivity index is 4.83. The van der Waals surface area contributed by atoms with Crippen LogP contribution >= 0.6 is 11.8 Å². The van der Waals surface area contributed by atoms with E-state index in [1.165, 1.54) is 6.92 Å². The number of carbonyl (C=O) groups is 2. The van der Waals surface area contributed by atoms with Gasteiger partial charge in [-0.25, -0.2) is 4.79 Å². The van der Waals surface area contributed by atoms with Crippen molar-refractivity contribution in [1.29, 1.82) is 0 Å². The van der Waals surface area contributed by atoms with Gasteiger partial charge in [-0.1, -0.05) is 13.3 Å². The normalized spacial score (nSPS) is 12.4. The molecule has 0 atom stereocenters. The molecule has 0 aliphatic heterocycles. The summed E-state index contributed by atoms with van der Waals surface area (Å²) in [5, 5.41) is 0.934. The Bertz CT molecular complexity index is 324. The first-order valence-electron chi connectivity index (χ1n) is 5.45. The van der Waals surface area contributed by atoms with E-state index in [4.69, 9.17) is 0 Å². The van der Waals surface area contributed by atoms with Gasteiger partial charge >= 0.3 is 12.1 Å². The van der Waals surface area contributed by atoms with Gasteiger partial charge in [-0.2, -0.15) is 13.2 Å². The number of hydrogen-bond donors (Lipinski definition) is 0. The minimum absolute atomic E-state index is 0.0824. The Morgan fingerprint density at radius 2 is 1.89 bits per heavy atom. The maximum absolute atomic E-state index is 12.3. The topological polar surface area (TPSA) is 43.4 Å². The quantitative estimate of drug-likeness (QED) is 0.237. The number of unbranched alkanes of at least 4 members (excludes halogenated alkanes) is 1. The number of Topliss-reactive ketones (excluding diaryl/α,β-unsaturated/α-hetero) is 1. The number of rotatable bonds is 7. The van der Waals surface area contributed by atoms with Crippen LogP contribution in [0.4, 0.5) is 13.2 Å². The van der Waals surface area contributed by atoms with Gasteiger partial charge in [0.2, 0.25) is 0 Å². The monoisotopic (exact) mass is 284 g/mol. The zero-order chi connectivity index (χ0) is 14.2. The van der Waals surface area contributed by atoms with E-state index in [1.54, 1.807) is 0 Å². The first-order valence-corrected chi connectivity index (χ1v) is 6.49. The molecule has 0 aromatic carbocycles. The highest BCUT2D eigenvalue weighted by molar-refractivity contribution is 8.02. The number of halogens is 3. The minimum Gasteiger partial charge on any atom is -0.462 e. The molecular formula is C11H15F3O3S. The number of ether oxygens (including phenoxy) is 1. The SMILES string of the molecule is CCCCS/C=C(\C(=O)OCC)C(=O)C(F)(F)F. The molecular weight excluding hydrogens is 269 g/mol. The summed E-state index contributed by atoms with van der Waals surface area (Å²) in [6.45, 7) is 3.30. The lowest BCUT2D eigenvalue weighted by Gasteiger charge is -2.08. The van der Waals surface area contributed by atoms with E-state index >= 15 is 0 Å². The lowest BCUT2D eigenvalue weighted by atomic mass is 10.2. The number of thioether (sulfide) groups is 1. The van der Waals surface area contributed by atoms with Gasteiger partial charge in [0.15, 0.2) is 0 Å². The van der Waals surface area contributed by atoms with Gasteiger partial charge in [-0.15, -0.1) is 11.8 Å². The van der Waals surface area contributed by atoms with Crippen LogP contribution < -0.4 is 0 Å². The average molecular weight is 284 g/mol. The Hall–Kier alpha value is -0.980. The fourth-order valence-electron chi connectivity index (χ4n) is 0.926. The largest absolute Gasteiger partial charge is 0.462 e. The maximum Gasteiger partial charge on any atom is 0.455 e. The van der Waals surface area contributed by atoms with Crippen LogP contribution in [0.3, 0.4) is 0 Å². The molecule has 7 heteroatoms. The highest BCUT2D eigenvalue weighted by Crippen LogP contribution is 2.23. The molecule has 18 heavy (non-hydrogen) atoms. The third-order valence-corrected chi connectivity index (χ3v) is 2.74. The maximum atomic E-state index is 12.3. The molecule has 104 valence electrons. The van der Waals surface area contributed by atoms with Gasteiger partial charge in [-0.05, 0) is 24.5 Å². The Morgan fingerprint density at radius 3 is 2.33 bits per heavy atom. The first kappa shape index (κ1) is 17.0. The zero-order valence-corrected chi connectivity index (χ0v) is 11.0. The van der Waals surface area contributed by atoms with Gasteiger partial charge in [-0.3, -0.25) is 4.79 Å². The van der Waals surface area contributed by atoms with E-state index in [9.17, 15) is 22.8 Å². The minimum atomic E-state index is -5.07. The standard InChI is InChI=1S/C11H15F3O3S/c1-3-5-6-18-7-8(10(16)17-4-2)9(15)11(12,13)14/h7H,3-6H2,1-2H3/b8-7-. The average Bonchev–Trinajstić information content (AvgIpc) is 2.27. The Labute approximate surface area is 108 Å². The van der Waals surface area contributed by atoms with Crippen LogP contribution in [0.5, 0.6) is 0 Å². The van der Waals surface area contributed by atoms with E-state index in [2.05, 4.69) is 4.74 Å². The lowest BCUT2D eigenvalue weighted by Crippen LogP contribution is -2.29. The molecule has 0 spiro atoms. The number of hydrogen-bond acceptors (Lipinski definition) is 4. The fraction of sp³-hybridized carbons (Fsp3) is 0.636. The molecule has 0 heterocycles. The summed E-state index contributed by atoms with van der Waals surface area (Å²) >= 11 is 1.00. The molecule has 0 aromatic heterocycles. The molecule has 0 saturated carbocycles. The molecule has 3 nitrogen and oxygen atoms in total. The third-order valence-electron chi connectivity index (χ3n) is 1.81. The van der Waals surface area contributed by atoms with Gasteiger partial charge < -0.3 is 4.74 Å². The van der Waals surface area contributed by atoms with Crippen LogP contribution in [0.15, 0.2) is 11.0 Å².